The van der Waals surface area contributed by atoms with Crippen LogP contribution in [0.1, 0.15) is 12.0 Å². The van der Waals surface area contributed by atoms with E-state index in [1.165, 1.54) is 18.4 Å². The average Bonchev–Trinajstić information content (AvgIpc) is 2.61. The molecule has 0 amide bonds. The second kappa shape index (κ2) is 3.62. The van der Waals surface area contributed by atoms with Crippen LogP contribution in [0.3, 0.4) is 0 Å². The lowest BCUT2D eigenvalue weighted by Crippen LogP contribution is -1.88. The number of fused-ring (bicyclic) bond motifs is 1. The van der Waals surface area contributed by atoms with Crippen LogP contribution in [0.5, 0.6) is 0 Å². The molecule has 0 aliphatic heterocycles. The maximum absolute atomic E-state index is 13.1. The molecule has 0 saturated carbocycles. The minimum atomic E-state index is -0.292. The number of hydrogen-bond donors (Lipinski definition) is 0. The highest BCUT2D eigenvalue weighted by Gasteiger charge is 2.06. The van der Waals surface area contributed by atoms with E-state index in [1.54, 1.807) is 6.07 Å². The second-order valence-corrected chi connectivity index (χ2v) is 3.11. The van der Waals surface area contributed by atoms with Crippen molar-refractivity contribution in [2.24, 2.45) is 0 Å². The van der Waals surface area contributed by atoms with Crippen LogP contribution in [-0.4, -0.2) is 6.29 Å². The number of aryl methyl sites for hydroxylation is 1. The van der Waals surface area contributed by atoms with Gasteiger partial charge >= 0.3 is 0 Å². The Morgan fingerprint density at radius 3 is 3.07 bits per heavy atom. The summed E-state index contributed by atoms with van der Waals surface area (Å²) in [4.78, 5) is 10.2. The molecule has 0 N–H and O–H groups in total. The molecule has 0 saturated heterocycles. The molecule has 2 rings (SSSR count). The van der Waals surface area contributed by atoms with Gasteiger partial charge in [0.15, 0.2) is 0 Å². The Hall–Kier alpha value is -1.64. The van der Waals surface area contributed by atoms with E-state index in [9.17, 15) is 9.18 Å². The highest BCUT2D eigenvalue weighted by Crippen LogP contribution is 2.22. The predicted octanol–water partition coefficient (Wildman–Crippen LogP) is 2.70. The molecule has 0 radical (unpaired) electrons. The molecule has 0 unspecified atom stereocenters. The zero-order valence-electron chi connectivity index (χ0n) is 7.50. The molecule has 0 spiro atoms. The van der Waals surface area contributed by atoms with Gasteiger partial charge in [0.1, 0.15) is 17.7 Å². The van der Waals surface area contributed by atoms with Crippen LogP contribution in [0.4, 0.5) is 4.39 Å². The molecule has 1 heterocycles. The first-order chi connectivity index (χ1) is 6.81. The zero-order chi connectivity index (χ0) is 9.97. The van der Waals surface area contributed by atoms with E-state index in [2.05, 4.69) is 0 Å². The van der Waals surface area contributed by atoms with Crippen LogP contribution in [0.15, 0.2) is 28.9 Å². The van der Waals surface area contributed by atoms with Crippen molar-refractivity contribution in [1.82, 2.24) is 0 Å². The van der Waals surface area contributed by atoms with Crippen LogP contribution < -0.4 is 0 Å². The summed E-state index contributed by atoms with van der Waals surface area (Å²) >= 11 is 0. The second-order valence-electron chi connectivity index (χ2n) is 3.11. The van der Waals surface area contributed by atoms with Crippen molar-refractivity contribution in [2.75, 3.05) is 0 Å². The molecule has 72 valence electrons. The zero-order valence-corrected chi connectivity index (χ0v) is 7.50. The molecule has 14 heavy (non-hydrogen) atoms. The summed E-state index contributed by atoms with van der Waals surface area (Å²) in [7, 11) is 0. The summed E-state index contributed by atoms with van der Waals surface area (Å²) < 4.78 is 18.3. The summed E-state index contributed by atoms with van der Waals surface area (Å²) in [5.41, 5.74) is 1.42. The summed E-state index contributed by atoms with van der Waals surface area (Å²) in [6.07, 6.45) is 3.25. The van der Waals surface area contributed by atoms with Crippen molar-refractivity contribution in [3.8, 4) is 0 Å². The van der Waals surface area contributed by atoms with Gasteiger partial charge in [0, 0.05) is 11.8 Å². The Bertz CT molecular complexity index is 459. The number of carbonyl (C=O) groups excluding carboxylic acids is 1. The molecule has 0 fully saturated rings. The van der Waals surface area contributed by atoms with E-state index in [1.807, 2.05) is 0 Å². The average molecular weight is 192 g/mol. The van der Waals surface area contributed by atoms with Gasteiger partial charge in [-0.05, 0) is 30.2 Å². The quantitative estimate of drug-likeness (QED) is 0.700. The van der Waals surface area contributed by atoms with E-state index in [0.29, 0.717) is 18.4 Å². The van der Waals surface area contributed by atoms with Gasteiger partial charge in [0.2, 0.25) is 0 Å². The standard InChI is InChI=1S/C11H9FO2/c12-10-6-8(2-1-4-13)11-9(7-10)3-5-14-11/h3-7H,1-2H2. The van der Waals surface area contributed by atoms with Crippen molar-refractivity contribution in [3.63, 3.8) is 0 Å². The van der Waals surface area contributed by atoms with E-state index in [0.717, 1.165) is 17.2 Å². The van der Waals surface area contributed by atoms with Crippen LogP contribution >= 0.6 is 0 Å². The Balaban J connectivity index is 2.49. The van der Waals surface area contributed by atoms with Gasteiger partial charge in [-0.2, -0.15) is 0 Å². The van der Waals surface area contributed by atoms with E-state index in [-0.39, 0.29) is 5.82 Å². The third-order valence-corrected chi connectivity index (χ3v) is 2.12. The van der Waals surface area contributed by atoms with Crippen molar-refractivity contribution in [2.45, 2.75) is 12.8 Å². The fraction of sp³-hybridized carbons (Fsp3) is 0.182. The molecule has 3 heteroatoms. The molecular formula is C11H9FO2. The van der Waals surface area contributed by atoms with Crippen LogP contribution in [0.2, 0.25) is 0 Å². The first kappa shape index (κ1) is 8.94. The summed E-state index contributed by atoms with van der Waals surface area (Å²) in [6, 6.07) is 4.54. The molecule has 1 aromatic carbocycles. The molecule has 0 aliphatic rings. The van der Waals surface area contributed by atoms with Gasteiger partial charge in [-0.1, -0.05) is 0 Å². The van der Waals surface area contributed by atoms with Crippen molar-refractivity contribution in [1.29, 1.82) is 0 Å². The number of halogens is 1. The SMILES string of the molecule is O=CCCc1cc(F)cc2ccoc12. The molecule has 2 nitrogen and oxygen atoms in total. The van der Waals surface area contributed by atoms with Crippen LogP contribution in [-0.2, 0) is 11.2 Å². The monoisotopic (exact) mass is 192 g/mol. The van der Waals surface area contributed by atoms with E-state index < -0.39 is 0 Å². The number of carbonyl (C=O) groups is 1. The number of hydrogen-bond acceptors (Lipinski definition) is 2. The Kier molecular flexibility index (Phi) is 2.31. The smallest absolute Gasteiger partial charge is 0.137 e. The Labute approximate surface area is 80.3 Å². The molecule has 0 bridgehead atoms. The third kappa shape index (κ3) is 1.53. The summed E-state index contributed by atoms with van der Waals surface area (Å²) in [5.74, 6) is -0.292. The van der Waals surface area contributed by atoms with Gasteiger partial charge < -0.3 is 9.21 Å². The van der Waals surface area contributed by atoms with Crippen molar-refractivity contribution >= 4 is 17.3 Å². The molecule has 1 aromatic heterocycles. The maximum Gasteiger partial charge on any atom is 0.137 e. The minimum Gasteiger partial charge on any atom is -0.464 e. The maximum atomic E-state index is 13.1. The van der Waals surface area contributed by atoms with Gasteiger partial charge in [-0.3, -0.25) is 0 Å². The van der Waals surface area contributed by atoms with Crippen LogP contribution in [0.25, 0.3) is 11.0 Å². The van der Waals surface area contributed by atoms with Crippen molar-refractivity contribution < 1.29 is 13.6 Å². The minimum absolute atomic E-state index is 0.292. The van der Waals surface area contributed by atoms with Gasteiger partial charge in [-0.15, -0.1) is 0 Å². The topological polar surface area (TPSA) is 30.2 Å². The predicted molar refractivity (Wildman–Crippen MR) is 50.6 cm³/mol. The van der Waals surface area contributed by atoms with Gasteiger partial charge in [0.05, 0.1) is 6.26 Å². The number of furan rings is 1. The lowest BCUT2D eigenvalue weighted by molar-refractivity contribution is -0.107. The first-order valence-electron chi connectivity index (χ1n) is 4.40. The summed E-state index contributed by atoms with van der Waals surface area (Å²) in [6.45, 7) is 0. The lowest BCUT2D eigenvalue weighted by Gasteiger charge is -1.99. The Morgan fingerprint density at radius 1 is 1.43 bits per heavy atom. The van der Waals surface area contributed by atoms with Gasteiger partial charge in [0.25, 0.3) is 0 Å². The largest absolute Gasteiger partial charge is 0.464 e. The lowest BCUT2D eigenvalue weighted by atomic mass is 10.1. The van der Waals surface area contributed by atoms with Gasteiger partial charge in [-0.25, -0.2) is 4.39 Å². The fourth-order valence-corrected chi connectivity index (χ4v) is 1.52. The number of aldehydes is 1. The molecule has 0 atom stereocenters. The third-order valence-electron chi connectivity index (χ3n) is 2.12. The van der Waals surface area contributed by atoms with E-state index in [4.69, 9.17) is 4.42 Å². The fourth-order valence-electron chi connectivity index (χ4n) is 1.52. The van der Waals surface area contributed by atoms with Crippen LogP contribution in [0, 0.1) is 5.82 Å². The molecule has 0 aliphatic carbocycles. The summed E-state index contributed by atoms with van der Waals surface area (Å²) in [5, 5.41) is 0.742. The normalized spacial score (nSPS) is 10.6. The molecule has 2 aromatic rings. The van der Waals surface area contributed by atoms with E-state index >= 15 is 0 Å². The number of rotatable bonds is 3. The Morgan fingerprint density at radius 2 is 2.29 bits per heavy atom. The first-order valence-corrected chi connectivity index (χ1v) is 4.40. The van der Waals surface area contributed by atoms with Crippen molar-refractivity contribution in [3.05, 3.63) is 35.8 Å². The highest BCUT2D eigenvalue weighted by molar-refractivity contribution is 5.80. The molecular weight excluding hydrogens is 183 g/mol. The highest BCUT2D eigenvalue weighted by atomic mass is 19.1. The number of benzene rings is 1.